The first kappa shape index (κ1) is 9.85. The van der Waals surface area contributed by atoms with Crippen molar-refractivity contribution in [3.63, 3.8) is 0 Å². The van der Waals surface area contributed by atoms with Gasteiger partial charge in [0, 0.05) is 0 Å². The van der Waals surface area contributed by atoms with Crippen LogP contribution in [0.1, 0.15) is 22.5 Å². The molecular weight excluding hydrogens is 204 g/mol. The van der Waals surface area contributed by atoms with Gasteiger partial charge in [0.15, 0.2) is 0 Å². The summed E-state index contributed by atoms with van der Waals surface area (Å²) < 4.78 is 24.0. The summed E-state index contributed by atoms with van der Waals surface area (Å²) in [6.45, 7) is 0. The summed E-state index contributed by atoms with van der Waals surface area (Å²) in [6, 6.07) is 1.93. The largest absolute Gasteiger partial charge is 0.478 e. The lowest BCUT2D eigenvalue weighted by atomic mass is 10.2. The van der Waals surface area contributed by atoms with E-state index in [1.54, 1.807) is 0 Å². The maximum atomic E-state index is 12.0. The lowest BCUT2D eigenvalue weighted by Crippen LogP contribution is -2.01. The number of nitrogens with zero attached hydrogens (tertiary/aromatic N) is 1. The van der Waals surface area contributed by atoms with Gasteiger partial charge >= 0.3 is 5.97 Å². The van der Waals surface area contributed by atoms with Crippen molar-refractivity contribution in [1.82, 2.24) is 4.98 Å². The molecule has 0 unspecified atom stereocenters. The molecule has 1 aromatic heterocycles. The molecule has 0 aliphatic carbocycles. The van der Waals surface area contributed by atoms with Crippen LogP contribution in [0.25, 0.3) is 0 Å². The second-order valence-corrected chi connectivity index (χ2v) is 2.54. The predicted molar refractivity (Wildman–Crippen MR) is 41.2 cm³/mol. The minimum absolute atomic E-state index is 0.286. The molecule has 1 aromatic rings. The third kappa shape index (κ3) is 2.12. The molecule has 0 aromatic carbocycles. The Morgan fingerprint density at radius 3 is 2.54 bits per heavy atom. The van der Waals surface area contributed by atoms with Gasteiger partial charge in [0.2, 0.25) is 0 Å². The number of carboxylic acids is 1. The average Bonchev–Trinajstić information content (AvgIpc) is 2.03. The summed E-state index contributed by atoms with van der Waals surface area (Å²) in [5.41, 5.74) is -0.818. The van der Waals surface area contributed by atoms with E-state index in [1.165, 1.54) is 0 Å². The van der Waals surface area contributed by atoms with Crippen molar-refractivity contribution in [2.45, 2.75) is 6.43 Å². The number of hydrogen-bond acceptors (Lipinski definition) is 2. The van der Waals surface area contributed by atoms with Crippen molar-refractivity contribution in [1.29, 1.82) is 0 Å². The standard InChI is InChI=1S/C7H4ClF2NO2/c8-5-3(7(12)13)1-2-4(11-5)6(9)10/h1-2,6H,(H,12,13). The molecule has 6 heteroatoms. The fourth-order valence-electron chi connectivity index (χ4n) is 0.729. The van der Waals surface area contributed by atoms with Gasteiger partial charge in [-0.2, -0.15) is 0 Å². The van der Waals surface area contributed by atoms with Gasteiger partial charge in [0.05, 0.1) is 5.56 Å². The predicted octanol–water partition coefficient (Wildman–Crippen LogP) is 2.37. The monoisotopic (exact) mass is 207 g/mol. The number of hydrogen-bond donors (Lipinski definition) is 1. The van der Waals surface area contributed by atoms with Gasteiger partial charge in [-0.1, -0.05) is 11.6 Å². The minimum atomic E-state index is -2.75. The molecule has 0 fully saturated rings. The first-order valence-electron chi connectivity index (χ1n) is 3.20. The minimum Gasteiger partial charge on any atom is -0.478 e. The number of aromatic nitrogens is 1. The van der Waals surface area contributed by atoms with Crippen LogP contribution in [-0.4, -0.2) is 16.1 Å². The van der Waals surface area contributed by atoms with E-state index in [9.17, 15) is 13.6 Å². The maximum absolute atomic E-state index is 12.0. The van der Waals surface area contributed by atoms with Gasteiger partial charge in [-0.05, 0) is 12.1 Å². The summed E-state index contributed by atoms with van der Waals surface area (Å²) in [4.78, 5) is 13.6. The zero-order valence-electron chi connectivity index (χ0n) is 6.17. The van der Waals surface area contributed by atoms with Crippen LogP contribution >= 0.6 is 11.6 Å². The van der Waals surface area contributed by atoms with Gasteiger partial charge in [0.25, 0.3) is 6.43 Å². The van der Waals surface area contributed by atoms with Gasteiger partial charge in [0.1, 0.15) is 10.8 Å². The van der Waals surface area contributed by atoms with Gasteiger partial charge in [-0.3, -0.25) is 0 Å². The molecule has 13 heavy (non-hydrogen) atoms. The lowest BCUT2D eigenvalue weighted by Gasteiger charge is -2.01. The Labute approximate surface area is 77.0 Å². The first-order chi connectivity index (χ1) is 6.02. The van der Waals surface area contributed by atoms with E-state index in [4.69, 9.17) is 16.7 Å². The highest BCUT2D eigenvalue weighted by atomic mass is 35.5. The van der Waals surface area contributed by atoms with Crippen LogP contribution in [0.2, 0.25) is 5.15 Å². The zero-order chi connectivity index (χ0) is 10.0. The number of aromatic carboxylic acids is 1. The van der Waals surface area contributed by atoms with Crippen LogP contribution in [0.4, 0.5) is 8.78 Å². The van der Waals surface area contributed by atoms with E-state index in [2.05, 4.69) is 4.98 Å². The summed E-state index contributed by atoms with van der Waals surface area (Å²) in [5, 5.41) is 8.06. The highest BCUT2D eigenvalue weighted by Crippen LogP contribution is 2.20. The molecular formula is C7H4ClF2NO2. The highest BCUT2D eigenvalue weighted by molar-refractivity contribution is 6.32. The van der Waals surface area contributed by atoms with Crippen LogP contribution in [0, 0.1) is 0 Å². The Morgan fingerprint density at radius 1 is 1.54 bits per heavy atom. The molecule has 0 bridgehead atoms. The highest BCUT2D eigenvalue weighted by Gasteiger charge is 2.14. The number of carboxylic acid groups (broad SMARTS) is 1. The van der Waals surface area contributed by atoms with E-state index < -0.39 is 23.2 Å². The average molecular weight is 208 g/mol. The fraction of sp³-hybridized carbons (Fsp3) is 0.143. The molecule has 3 nitrogen and oxygen atoms in total. The fourth-order valence-corrected chi connectivity index (χ4v) is 0.971. The molecule has 1 N–H and O–H groups in total. The van der Waals surface area contributed by atoms with Crippen LogP contribution in [-0.2, 0) is 0 Å². The Hall–Kier alpha value is -1.23. The molecule has 0 saturated carbocycles. The molecule has 0 atom stereocenters. The molecule has 0 radical (unpaired) electrons. The second kappa shape index (κ2) is 3.66. The van der Waals surface area contributed by atoms with Crippen LogP contribution in [0.15, 0.2) is 12.1 Å². The molecule has 1 heterocycles. The smallest absolute Gasteiger partial charge is 0.338 e. The number of halogens is 3. The number of carbonyl (C=O) groups is 1. The van der Waals surface area contributed by atoms with E-state index in [0.29, 0.717) is 0 Å². The number of alkyl halides is 2. The Balaban J connectivity index is 3.13. The van der Waals surface area contributed by atoms with Crippen LogP contribution < -0.4 is 0 Å². The number of rotatable bonds is 2. The Morgan fingerprint density at radius 2 is 2.15 bits per heavy atom. The lowest BCUT2D eigenvalue weighted by molar-refractivity contribution is 0.0696. The summed E-state index contributed by atoms with van der Waals surface area (Å²) >= 11 is 5.34. The first-order valence-corrected chi connectivity index (χ1v) is 3.58. The van der Waals surface area contributed by atoms with Gasteiger partial charge < -0.3 is 5.11 Å². The van der Waals surface area contributed by atoms with Crippen molar-refractivity contribution < 1.29 is 18.7 Å². The SMILES string of the molecule is O=C(O)c1ccc(C(F)F)nc1Cl. The van der Waals surface area contributed by atoms with E-state index >= 15 is 0 Å². The van der Waals surface area contributed by atoms with E-state index in [1.807, 2.05) is 0 Å². The Bertz CT molecular complexity index is 343. The van der Waals surface area contributed by atoms with Gasteiger partial charge in [-0.25, -0.2) is 18.6 Å². The topological polar surface area (TPSA) is 50.2 Å². The van der Waals surface area contributed by atoms with Crippen LogP contribution in [0.3, 0.4) is 0 Å². The quantitative estimate of drug-likeness (QED) is 0.758. The second-order valence-electron chi connectivity index (χ2n) is 2.18. The molecule has 0 spiro atoms. The molecule has 70 valence electrons. The number of pyridine rings is 1. The third-order valence-corrected chi connectivity index (χ3v) is 1.61. The molecule has 0 amide bonds. The Kier molecular flexibility index (Phi) is 2.77. The zero-order valence-corrected chi connectivity index (χ0v) is 6.92. The van der Waals surface area contributed by atoms with E-state index in [0.717, 1.165) is 12.1 Å². The molecule has 0 aliphatic heterocycles. The summed E-state index contributed by atoms with van der Waals surface area (Å²) in [6.07, 6.45) is -2.75. The molecule has 0 saturated heterocycles. The maximum Gasteiger partial charge on any atom is 0.338 e. The van der Waals surface area contributed by atoms with Crippen molar-refractivity contribution in [2.75, 3.05) is 0 Å². The van der Waals surface area contributed by atoms with Crippen LogP contribution in [0.5, 0.6) is 0 Å². The van der Waals surface area contributed by atoms with Crippen molar-refractivity contribution in [3.05, 3.63) is 28.5 Å². The summed E-state index contributed by atoms with van der Waals surface area (Å²) in [5.74, 6) is -1.29. The third-order valence-electron chi connectivity index (χ3n) is 1.32. The molecule has 0 aliphatic rings. The molecule has 1 rings (SSSR count). The normalized spacial score (nSPS) is 10.5. The van der Waals surface area contributed by atoms with Crippen molar-refractivity contribution in [3.8, 4) is 0 Å². The van der Waals surface area contributed by atoms with Gasteiger partial charge in [-0.15, -0.1) is 0 Å². The summed E-state index contributed by atoms with van der Waals surface area (Å²) in [7, 11) is 0. The van der Waals surface area contributed by atoms with E-state index in [-0.39, 0.29) is 5.56 Å². The van der Waals surface area contributed by atoms with Crippen molar-refractivity contribution in [2.24, 2.45) is 0 Å². The van der Waals surface area contributed by atoms with Crippen molar-refractivity contribution >= 4 is 17.6 Å².